The lowest BCUT2D eigenvalue weighted by Gasteiger charge is -2.14. The van der Waals surface area contributed by atoms with Gasteiger partial charge in [-0.2, -0.15) is 13.2 Å². The fourth-order valence-corrected chi connectivity index (χ4v) is 2.81. The molecule has 0 fully saturated rings. The van der Waals surface area contributed by atoms with Gasteiger partial charge in [0.1, 0.15) is 17.8 Å². The van der Waals surface area contributed by atoms with Gasteiger partial charge in [0.15, 0.2) is 0 Å². The number of nitrogens with two attached hydrogens (primary N) is 1. The van der Waals surface area contributed by atoms with Gasteiger partial charge in [-0.3, -0.25) is 4.79 Å². The smallest absolute Gasteiger partial charge is 0.384 e. The summed E-state index contributed by atoms with van der Waals surface area (Å²) in [5, 5.41) is 0. The van der Waals surface area contributed by atoms with E-state index in [-0.39, 0.29) is 17.4 Å². The molecule has 0 bridgehead atoms. The van der Waals surface area contributed by atoms with E-state index in [4.69, 9.17) is 5.73 Å². The van der Waals surface area contributed by atoms with Crippen LogP contribution >= 0.6 is 0 Å². The Kier molecular flexibility index (Phi) is 4.84. The number of H-pyrrole nitrogens is 1. The van der Waals surface area contributed by atoms with Gasteiger partial charge in [-0.25, -0.2) is 9.97 Å². The minimum absolute atomic E-state index is 0.166. The lowest BCUT2D eigenvalue weighted by atomic mass is 9.97. The summed E-state index contributed by atoms with van der Waals surface area (Å²) in [5.74, 6) is -0.142. The van der Waals surface area contributed by atoms with Gasteiger partial charge in [-0.15, -0.1) is 0 Å². The maximum Gasteiger partial charge on any atom is 0.416 e. The first-order valence-electron chi connectivity index (χ1n) is 8.28. The molecule has 0 saturated carbocycles. The Labute approximate surface area is 159 Å². The van der Waals surface area contributed by atoms with Gasteiger partial charge in [-0.1, -0.05) is 6.07 Å². The molecule has 2 heterocycles. The second kappa shape index (κ2) is 6.99. The summed E-state index contributed by atoms with van der Waals surface area (Å²) in [6.45, 7) is 1.69. The number of aromatic amines is 1. The van der Waals surface area contributed by atoms with Gasteiger partial charge in [0.25, 0.3) is 5.91 Å². The second-order valence-electron chi connectivity index (χ2n) is 6.53. The molecule has 1 amide bonds. The predicted octanol–water partition coefficient (Wildman–Crippen LogP) is 3.75. The van der Waals surface area contributed by atoms with Crippen LogP contribution in [0.2, 0.25) is 0 Å². The van der Waals surface area contributed by atoms with Crippen molar-refractivity contribution in [2.24, 2.45) is 0 Å². The van der Waals surface area contributed by atoms with E-state index in [1.165, 1.54) is 23.4 Å². The zero-order valence-corrected chi connectivity index (χ0v) is 15.4. The van der Waals surface area contributed by atoms with Crippen molar-refractivity contribution in [2.75, 3.05) is 19.8 Å². The van der Waals surface area contributed by atoms with Crippen LogP contribution in [-0.4, -0.2) is 39.9 Å². The summed E-state index contributed by atoms with van der Waals surface area (Å²) in [5.41, 5.74) is 7.21. The van der Waals surface area contributed by atoms with Crippen molar-refractivity contribution >= 4 is 11.7 Å². The number of halogens is 3. The largest absolute Gasteiger partial charge is 0.416 e. The number of alkyl halides is 3. The molecular weight excluding hydrogens is 371 g/mol. The van der Waals surface area contributed by atoms with Gasteiger partial charge in [-0.05, 0) is 36.2 Å². The predicted molar refractivity (Wildman–Crippen MR) is 99.4 cm³/mol. The van der Waals surface area contributed by atoms with Crippen LogP contribution in [0.1, 0.15) is 21.6 Å². The molecule has 0 spiro atoms. The van der Waals surface area contributed by atoms with Crippen LogP contribution in [0.3, 0.4) is 0 Å². The van der Waals surface area contributed by atoms with Gasteiger partial charge < -0.3 is 15.6 Å². The van der Waals surface area contributed by atoms with E-state index in [2.05, 4.69) is 15.0 Å². The van der Waals surface area contributed by atoms with E-state index < -0.39 is 11.7 Å². The number of aromatic nitrogens is 3. The number of nitrogens with zero attached hydrogens (tertiary/aromatic N) is 3. The molecule has 2 aromatic heterocycles. The molecule has 0 aliphatic carbocycles. The lowest BCUT2D eigenvalue weighted by Crippen LogP contribution is -2.22. The molecule has 3 rings (SSSR count). The molecule has 6 nitrogen and oxygen atoms in total. The molecule has 0 atom stereocenters. The van der Waals surface area contributed by atoms with Crippen LogP contribution < -0.4 is 5.73 Å². The molecule has 0 unspecified atom stereocenters. The van der Waals surface area contributed by atoms with E-state index in [0.717, 1.165) is 12.1 Å². The molecule has 28 heavy (non-hydrogen) atoms. The highest BCUT2D eigenvalue weighted by Gasteiger charge is 2.31. The van der Waals surface area contributed by atoms with Crippen molar-refractivity contribution in [1.29, 1.82) is 0 Å². The first-order chi connectivity index (χ1) is 13.1. The maximum atomic E-state index is 13.2. The van der Waals surface area contributed by atoms with Gasteiger partial charge in [0.05, 0.1) is 17.0 Å². The van der Waals surface area contributed by atoms with Crippen LogP contribution in [-0.2, 0) is 6.18 Å². The zero-order valence-electron chi connectivity index (χ0n) is 15.4. The van der Waals surface area contributed by atoms with Crippen molar-refractivity contribution in [2.45, 2.75) is 13.1 Å². The zero-order chi connectivity index (χ0) is 20.6. The minimum atomic E-state index is -4.49. The highest BCUT2D eigenvalue weighted by Crippen LogP contribution is 2.36. The summed E-state index contributed by atoms with van der Waals surface area (Å²) in [6.07, 6.45) is -3.22. The number of benzene rings is 1. The summed E-state index contributed by atoms with van der Waals surface area (Å²) in [7, 11) is 3.13. The highest BCUT2D eigenvalue weighted by atomic mass is 19.4. The number of carbonyl (C=O) groups excluding carboxylic acids is 1. The molecule has 0 aliphatic rings. The van der Waals surface area contributed by atoms with E-state index in [1.54, 1.807) is 27.1 Å². The summed E-state index contributed by atoms with van der Waals surface area (Å²) in [4.78, 5) is 24.9. The van der Waals surface area contributed by atoms with Crippen molar-refractivity contribution < 1.29 is 18.0 Å². The van der Waals surface area contributed by atoms with E-state index in [9.17, 15) is 18.0 Å². The Morgan fingerprint density at radius 3 is 2.43 bits per heavy atom. The third-order valence-corrected chi connectivity index (χ3v) is 4.26. The molecule has 0 saturated heterocycles. The normalized spacial score (nSPS) is 11.5. The first-order valence-corrected chi connectivity index (χ1v) is 8.28. The van der Waals surface area contributed by atoms with Crippen molar-refractivity contribution in [3.05, 3.63) is 53.5 Å². The molecule has 3 aromatic rings. The Hall–Kier alpha value is -3.36. The average molecular weight is 389 g/mol. The Balaban J connectivity index is 2.24. The molecule has 146 valence electrons. The number of carbonyl (C=O) groups is 1. The SMILES string of the molecule is Cc1ccc(C(F)(F)F)cc1-c1cc(-c2cc(N)ncn2)[nH]c1C(=O)N(C)C. The molecule has 3 N–H and O–H groups in total. The number of amides is 1. The Bertz CT molecular complexity index is 1040. The van der Waals surface area contributed by atoms with Gasteiger partial charge in [0, 0.05) is 25.7 Å². The fraction of sp³-hybridized carbons (Fsp3) is 0.211. The van der Waals surface area contributed by atoms with E-state index >= 15 is 0 Å². The van der Waals surface area contributed by atoms with Gasteiger partial charge in [0.2, 0.25) is 0 Å². The number of nitrogen functional groups attached to an aromatic ring is 1. The third-order valence-electron chi connectivity index (χ3n) is 4.26. The monoisotopic (exact) mass is 389 g/mol. The minimum Gasteiger partial charge on any atom is -0.384 e. The molecule has 1 aromatic carbocycles. The average Bonchev–Trinajstić information content (AvgIpc) is 3.05. The number of nitrogens with one attached hydrogen (secondary N) is 1. The number of anilines is 1. The first kappa shape index (κ1) is 19.4. The summed E-state index contributed by atoms with van der Waals surface area (Å²) in [6, 6.07) is 6.56. The highest BCUT2D eigenvalue weighted by molar-refractivity contribution is 6.01. The van der Waals surface area contributed by atoms with Crippen LogP contribution in [0, 0.1) is 6.92 Å². The third kappa shape index (κ3) is 3.68. The lowest BCUT2D eigenvalue weighted by molar-refractivity contribution is -0.137. The van der Waals surface area contributed by atoms with Crippen LogP contribution in [0.15, 0.2) is 36.7 Å². The molecule has 0 radical (unpaired) electrons. The second-order valence-corrected chi connectivity index (χ2v) is 6.53. The maximum absolute atomic E-state index is 13.2. The topological polar surface area (TPSA) is 87.9 Å². The van der Waals surface area contributed by atoms with Crippen molar-refractivity contribution in [3.8, 4) is 22.5 Å². The Morgan fingerprint density at radius 2 is 1.82 bits per heavy atom. The van der Waals surface area contributed by atoms with Crippen LogP contribution in [0.4, 0.5) is 19.0 Å². The molecule has 9 heteroatoms. The number of hydrogen-bond donors (Lipinski definition) is 2. The molecule has 0 aliphatic heterocycles. The van der Waals surface area contributed by atoms with Crippen molar-refractivity contribution in [1.82, 2.24) is 19.9 Å². The van der Waals surface area contributed by atoms with E-state index in [1.807, 2.05) is 0 Å². The van der Waals surface area contributed by atoms with Crippen LogP contribution in [0.5, 0.6) is 0 Å². The summed E-state index contributed by atoms with van der Waals surface area (Å²) < 4.78 is 39.6. The van der Waals surface area contributed by atoms with Crippen molar-refractivity contribution in [3.63, 3.8) is 0 Å². The van der Waals surface area contributed by atoms with Gasteiger partial charge >= 0.3 is 6.18 Å². The quantitative estimate of drug-likeness (QED) is 0.714. The number of rotatable bonds is 3. The number of aryl methyl sites for hydroxylation is 1. The molecular formula is C19H18F3N5O. The fourth-order valence-electron chi connectivity index (χ4n) is 2.81. The Morgan fingerprint density at radius 1 is 1.11 bits per heavy atom. The number of hydrogen-bond acceptors (Lipinski definition) is 4. The standard InChI is InChI=1S/C19H18F3N5O/c1-10-4-5-11(19(20,21)22)6-12(10)13-7-15(14-8-16(23)25-9-24-14)26-17(13)18(28)27(2)3/h4-9,26H,1-3H3,(H2,23,24,25). The van der Waals surface area contributed by atoms with E-state index in [0.29, 0.717) is 28.1 Å². The van der Waals surface area contributed by atoms with Crippen LogP contribution in [0.25, 0.3) is 22.5 Å². The summed E-state index contributed by atoms with van der Waals surface area (Å²) >= 11 is 0.